The topological polar surface area (TPSA) is 72.9 Å². The van der Waals surface area contributed by atoms with Crippen molar-refractivity contribution in [3.8, 4) is 0 Å². The molecule has 0 saturated carbocycles. The minimum atomic E-state index is -0.123. The summed E-state index contributed by atoms with van der Waals surface area (Å²) in [5.74, 6) is -0.123. The zero-order valence-corrected chi connectivity index (χ0v) is 13.8. The Morgan fingerprint density at radius 1 is 1.43 bits per heavy atom. The molecule has 0 radical (unpaired) electrons. The lowest BCUT2D eigenvalue weighted by molar-refractivity contribution is 0.0952. The molecule has 0 saturated heterocycles. The van der Waals surface area contributed by atoms with Gasteiger partial charge in [0, 0.05) is 24.5 Å². The third kappa shape index (κ3) is 3.85. The van der Waals surface area contributed by atoms with Crippen LogP contribution in [0.4, 0.5) is 5.69 Å². The standard InChI is InChI=1S/C15H19BrN4O/c1-10-9-11(2)20(19-10)8-4-7-18-15(21)12-5-3-6-13(17)14(12)16/h3,5-6,9H,4,7-8,17H2,1-2H3,(H,18,21). The molecule has 0 aliphatic carbocycles. The number of nitrogens with zero attached hydrogens (tertiary/aromatic N) is 2. The predicted molar refractivity (Wildman–Crippen MR) is 87.2 cm³/mol. The molecule has 1 heterocycles. The highest BCUT2D eigenvalue weighted by Crippen LogP contribution is 2.23. The number of halogens is 1. The van der Waals surface area contributed by atoms with Crippen LogP contribution in [0.3, 0.4) is 0 Å². The Hall–Kier alpha value is -1.82. The third-order valence-corrected chi connectivity index (χ3v) is 4.09. The smallest absolute Gasteiger partial charge is 0.252 e. The molecule has 5 nitrogen and oxygen atoms in total. The molecule has 0 aliphatic rings. The van der Waals surface area contributed by atoms with Gasteiger partial charge in [0.15, 0.2) is 0 Å². The van der Waals surface area contributed by atoms with E-state index in [2.05, 4.69) is 26.3 Å². The van der Waals surface area contributed by atoms with Gasteiger partial charge in [-0.2, -0.15) is 5.10 Å². The maximum atomic E-state index is 12.1. The van der Waals surface area contributed by atoms with Crippen molar-refractivity contribution in [2.24, 2.45) is 0 Å². The Kier molecular flexibility index (Phi) is 5.01. The molecule has 1 amide bonds. The van der Waals surface area contributed by atoms with Crippen molar-refractivity contribution in [2.75, 3.05) is 12.3 Å². The third-order valence-electron chi connectivity index (χ3n) is 3.21. The molecule has 0 spiro atoms. The number of amides is 1. The van der Waals surface area contributed by atoms with Gasteiger partial charge < -0.3 is 11.1 Å². The average Bonchev–Trinajstić information content (AvgIpc) is 2.76. The van der Waals surface area contributed by atoms with E-state index in [0.717, 1.165) is 24.4 Å². The highest BCUT2D eigenvalue weighted by molar-refractivity contribution is 9.10. The summed E-state index contributed by atoms with van der Waals surface area (Å²) in [7, 11) is 0. The van der Waals surface area contributed by atoms with Crippen LogP contribution in [0.15, 0.2) is 28.7 Å². The van der Waals surface area contributed by atoms with Gasteiger partial charge in [-0.25, -0.2) is 0 Å². The molecule has 0 fully saturated rings. The highest BCUT2D eigenvalue weighted by atomic mass is 79.9. The van der Waals surface area contributed by atoms with E-state index in [-0.39, 0.29) is 5.91 Å². The van der Waals surface area contributed by atoms with Gasteiger partial charge in [0.25, 0.3) is 5.91 Å². The molecule has 6 heteroatoms. The van der Waals surface area contributed by atoms with Crippen molar-refractivity contribution in [3.05, 3.63) is 45.7 Å². The summed E-state index contributed by atoms with van der Waals surface area (Å²) in [4.78, 5) is 12.1. The summed E-state index contributed by atoms with van der Waals surface area (Å²) in [5.41, 5.74) is 9.04. The molecule has 0 unspecified atom stereocenters. The number of aromatic nitrogens is 2. The van der Waals surface area contributed by atoms with Gasteiger partial charge in [0.05, 0.1) is 15.7 Å². The molecule has 112 valence electrons. The van der Waals surface area contributed by atoms with Crippen LogP contribution in [0.1, 0.15) is 28.2 Å². The normalized spacial score (nSPS) is 10.6. The van der Waals surface area contributed by atoms with E-state index < -0.39 is 0 Å². The van der Waals surface area contributed by atoms with Crippen LogP contribution in [-0.2, 0) is 6.54 Å². The van der Waals surface area contributed by atoms with E-state index in [0.29, 0.717) is 22.3 Å². The Bertz CT molecular complexity index is 651. The van der Waals surface area contributed by atoms with Crippen molar-refractivity contribution in [1.82, 2.24) is 15.1 Å². The molecule has 0 atom stereocenters. The number of nitrogens with two attached hydrogens (primary N) is 1. The zero-order chi connectivity index (χ0) is 15.4. The van der Waals surface area contributed by atoms with Gasteiger partial charge >= 0.3 is 0 Å². The van der Waals surface area contributed by atoms with Crippen molar-refractivity contribution in [1.29, 1.82) is 0 Å². The van der Waals surface area contributed by atoms with Crippen molar-refractivity contribution in [3.63, 3.8) is 0 Å². The molecule has 2 rings (SSSR count). The lowest BCUT2D eigenvalue weighted by Gasteiger charge is -2.09. The maximum absolute atomic E-state index is 12.1. The minimum absolute atomic E-state index is 0.123. The summed E-state index contributed by atoms with van der Waals surface area (Å²) < 4.78 is 2.60. The fourth-order valence-corrected chi connectivity index (χ4v) is 2.60. The van der Waals surface area contributed by atoms with Crippen molar-refractivity contribution >= 4 is 27.5 Å². The van der Waals surface area contributed by atoms with Crippen LogP contribution in [0.2, 0.25) is 0 Å². The van der Waals surface area contributed by atoms with E-state index in [4.69, 9.17) is 5.73 Å². The van der Waals surface area contributed by atoms with Gasteiger partial charge in [0.1, 0.15) is 0 Å². The van der Waals surface area contributed by atoms with Crippen LogP contribution in [0.5, 0.6) is 0 Å². The summed E-state index contributed by atoms with van der Waals surface area (Å²) >= 11 is 3.34. The number of rotatable bonds is 5. The molecule has 3 N–H and O–H groups in total. The molecule has 1 aromatic heterocycles. The largest absolute Gasteiger partial charge is 0.398 e. The molecular weight excluding hydrogens is 332 g/mol. The molecule has 21 heavy (non-hydrogen) atoms. The van der Waals surface area contributed by atoms with Crippen LogP contribution < -0.4 is 11.1 Å². The van der Waals surface area contributed by atoms with Crippen molar-refractivity contribution < 1.29 is 4.79 Å². The fourth-order valence-electron chi connectivity index (χ4n) is 2.15. The predicted octanol–water partition coefficient (Wildman–Crippen LogP) is 2.66. The SMILES string of the molecule is Cc1cc(C)n(CCCNC(=O)c2cccc(N)c2Br)n1. The first-order valence-corrected chi connectivity index (χ1v) is 7.61. The van der Waals surface area contributed by atoms with Gasteiger partial charge in [0.2, 0.25) is 0 Å². The van der Waals surface area contributed by atoms with Crippen LogP contribution in [0.25, 0.3) is 0 Å². The van der Waals surface area contributed by atoms with Gasteiger partial charge in [-0.15, -0.1) is 0 Å². The van der Waals surface area contributed by atoms with E-state index in [1.807, 2.05) is 24.6 Å². The Labute approximate surface area is 132 Å². The summed E-state index contributed by atoms with van der Waals surface area (Å²) in [6.45, 7) is 5.39. The Morgan fingerprint density at radius 3 is 2.86 bits per heavy atom. The first-order chi connectivity index (χ1) is 9.99. The number of nitrogens with one attached hydrogen (secondary N) is 1. The number of benzene rings is 1. The number of nitrogen functional groups attached to an aromatic ring is 1. The Morgan fingerprint density at radius 2 is 2.19 bits per heavy atom. The zero-order valence-electron chi connectivity index (χ0n) is 12.2. The summed E-state index contributed by atoms with van der Waals surface area (Å²) in [5, 5.41) is 7.29. The molecule has 0 aliphatic heterocycles. The first kappa shape index (κ1) is 15.6. The number of hydrogen-bond acceptors (Lipinski definition) is 3. The van der Waals surface area contributed by atoms with Crippen LogP contribution >= 0.6 is 15.9 Å². The quantitative estimate of drug-likeness (QED) is 0.643. The number of hydrogen-bond donors (Lipinski definition) is 2. The van der Waals surface area contributed by atoms with E-state index >= 15 is 0 Å². The van der Waals surface area contributed by atoms with E-state index in [1.54, 1.807) is 18.2 Å². The lowest BCUT2D eigenvalue weighted by atomic mass is 10.2. The highest BCUT2D eigenvalue weighted by Gasteiger charge is 2.11. The second kappa shape index (κ2) is 6.76. The monoisotopic (exact) mass is 350 g/mol. The number of carbonyl (C=O) groups excluding carboxylic acids is 1. The molecular formula is C15H19BrN4O. The van der Waals surface area contributed by atoms with Crippen LogP contribution in [-0.4, -0.2) is 22.2 Å². The second-order valence-electron chi connectivity index (χ2n) is 4.97. The second-order valence-corrected chi connectivity index (χ2v) is 5.76. The minimum Gasteiger partial charge on any atom is -0.398 e. The van der Waals surface area contributed by atoms with E-state index in [1.165, 1.54) is 0 Å². The van der Waals surface area contributed by atoms with Gasteiger partial charge in [-0.3, -0.25) is 9.48 Å². The molecule has 2 aromatic rings. The van der Waals surface area contributed by atoms with Crippen molar-refractivity contribution in [2.45, 2.75) is 26.8 Å². The lowest BCUT2D eigenvalue weighted by Crippen LogP contribution is -2.26. The number of carbonyl (C=O) groups is 1. The van der Waals surface area contributed by atoms with Gasteiger partial charge in [-0.1, -0.05) is 6.07 Å². The summed E-state index contributed by atoms with van der Waals surface area (Å²) in [6.07, 6.45) is 0.827. The fraction of sp³-hybridized carbons (Fsp3) is 0.333. The number of aryl methyl sites for hydroxylation is 3. The Balaban J connectivity index is 1.85. The summed E-state index contributed by atoms with van der Waals surface area (Å²) in [6, 6.07) is 7.31. The molecule has 0 bridgehead atoms. The van der Waals surface area contributed by atoms with E-state index in [9.17, 15) is 4.79 Å². The van der Waals surface area contributed by atoms with Crippen LogP contribution in [0, 0.1) is 13.8 Å². The first-order valence-electron chi connectivity index (χ1n) is 6.82. The average molecular weight is 351 g/mol. The number of anilines is 1. The molecule has 1 aromatic carbocycles. The maximum Gasteiger partial charge on any atom is 0.252 e. The van der Waals surface area contributed by atoms with Gasteiger partial charge in [-0.05, 0) is 54.4 Å².